The molecule has 5 nitrogen and oxygen atoms in total. The number of amides is 2. The van der Waals surface area contributed by atoms with Crippen molar-refractivity contribution in [1.29, 1.82) is 0 Å². The van der Waals surface area contributed by atoms with E-state index in [-0.39, 0.29) is 28.9 Å². The Hall–Kier alpha value is -2.04. The van der Waals surface area contributed by atoms with Gasteiger partial charge in [-0.2, -0.15) is 0 Å². The second-order valence-corrected chi connectivity index (χ2v) is 7.74. The number of anilines is 1. The fourth-order valence-corrected chi connectivity index (χ4v) is 6.27. The molecule has 3 saturated heterocycles. The van der Waals surface area contributed by atoms with Crippen LogP contribution in [0.5, 0.6) is 5.75 Å². The number of carbonyl (C=O) groups is 2. The van der Waals surface area contributed by atoms with Gasteiger partial charge in [0.25, 0.3) is 0 Å². The van der Waals surface area contributed by atoms with Gasteiger partial charge in [0.05, 0.1) is 5.69 Å². The van der Waals surface area contributed by atoms with E-state index < -0.39 is 5.66 Å². The number of phenols is 1. The minimum Gasteiger partial charge on any atom is -0.508 e. The summed E-state index contributed by atoms with van der Waals surface area (Å²) < 4.78 is 0. The lowest BCUT2D eigenvalue weighted by atomic mass is 9.59. The quantitative estimate of drug-likeness (QED) is 0.863. The van der Waals surface area contributed by atoms with Crippen LogP contribution in [0.3, 0.4) is 0 Å². The Kier molecular flexibility index (Phi) is 2.58. The maximum absolute atomic E-state index is 13.0. The van der Waals surface area contributed by atoms with Crippen LogP contribution >= 0.6 is 0 Å². The summed E-state index contributed by atoms with van der Waals surface area (Å²) in [5.74, 6) is 0.471. The molecule has 4 heterocycles. The van der Waals surface area contributed by atoms with E-state index >= 15 is 0 Å². The third-order valence-corrected chi connectivity index (χ3v) is 7.11. The summed E-state index contributed by atoms with van der Waals surface area (Å²) in [6.07, 6.45) is 4.90. The fourth-order valence-electron chi connectivity index (χ4n) is 6.27. The smallest absolute Gasteiger partial charge is 0.228 e. The van der Waals surface area contributed by atoms with Crippen molar-refractivity contribution in [3.63, 3.8) is 0 Å². The molecule has 1 N–H and O–H groups in total. The maximum Gasteiger partial charge on any atom is 0.228 e. The van der Waals surface area contributed by atoms with Gasteiger partial charge in [-0.05, 0) is 49.4 Å². The molecule has 1 spiro atoms. The third kappa shape index (κ3) is 1.31. The Morgan fingerprint density at radius 1 is 1.25 bits per heavy atom. The van der Waals surface area contributed by atoms with Crippen LogP contribution in [0, 0.1) is 5.41 Å². The Balaban J connectivity index is 1.84. The molecule has 0 bridgehead atoms. The van der Waals surface area contributed by atoms with Crippen LogP contribution in [0.2, 0.25) is 0 Å². The van der Waals surface area contributed by atoms with Crippen molar-refractivity contribution in [2.24, 2.45) is 5.41 Å². The molecule has 3 atom stereocenters. The van der Waals surface area contributed by atoms with Crippen LogP contribution in [-0.2, 0) is 9.59 Å². The minimum atomic E-state index is -0.539. The molecule has 3 fully saturated rings. The number of phenolic OH excluding ortho intramolecular Hbond substituents is 1. The highest BCUT2D eigenvalue weighted by molar-refractivity contribution is 6.02. The molecule has 126 valence electrons. The van der Waals surface area contributed by atoms with Gasteiger partial charge in [-0.1, -0.05) is 6.92 Å². The fraction of sp³-hybridized carbons (Fsp3) is 0.579. The summed E-state index contributed by atoms with van der Waals surface area (Å²) >= 11 is 0. The van der Waals surface area contributed by atoms with Crippen molar-refractivity contribution in [3.05, 3.63) is 23.8 Å². The van der Waals surface area contributed by atoms with E-state index in [1.807, 2.05) is 15.9 Å². The van der Waals surface area contributed by atoms with E-state index in [4.69, 9.17) is 0 Å². The first-order valence-electron chi connectivity index (χ1n) is 9.01. The number of piperidine rings is 2. The zero-order valence-electron chi connectivity index (χ0n) is 13.9. The van der Waals surface area contributed by atoms with Gasteiger partial charge in [-0.3, -0.25) is 14.5 Å². The van der Waals surface area contributed by atoms with E-state index in [1.54, 1.807) is 12.1 Å². The normalized spacial score (nSPS) is 36.6. The first-order chi connectivity index (χ1) is 11.5. The van der Waals surface area contributed by atoms with Gasteiger partial charge >= 0.3 is 0 Å². The van der Waals surface area contributed by atoms with Gasteiger partial charge in [0.2, 0.25) is 11.8 Å². The molecule has 0 aromatic heterocycles. The van der Waals surface area contributed by atoms with Crippen LogP contribution in [0.15, 0.2) is 18.2 Å². The molecule has 0 radical (unpaired) electrons. The van der Waals surface area contributed by atoms with Crippen LogP contribution in [0.4, 0.5) is 5.69 Å². The number of rotatable bonds is 1. The topological polar surface area (TPSA) is 60.9 Å². The average molecular weight is 326 g/mol. The number of aromatic hydroxyl groups is 1. The van der Waals surface area contributed by atoms with Gasteiger partial charge in [0.1, 0.15) is 11.4 Å². The number of nitrogens with zero attached hydrogens (tertiary/aromatic N) is 2. The second kappa shape index (κ2) is 4.32. The predicted octanol–water partition coefficient (Wildman–Crippen LogP) is 2.74. The van der Waals surface area contributed by atoms with Crippen molar-refractivity contribution in [2.75, 3.05) is 11.4 Å². The largest absolute Gasteiger partial charge is 0.508 e. The number of carbonyl (C=O) groups excluding carboxylic acids is 2. The number of hydrogen-bond donors (Lipinski definition) is 1. The number of fused-ring (bicyclic) bond motifs is 3. The van der Waals surface area contributed by atoms with Gasteiger partial charge in [0, 0.05) is 30.7 Å². The van der Waals surface area contributed by atoms with Gasteiger partial charge < -0.3 is 10.0 Å². The molecule has 5 heteroatoms. The van der Waals surface area contributed by atoms with Crippen LogP contribution in [0.25, 0.3) is 0 Å². The van der Waals surface area contributed by atoms with Crippen molar-refractivity contribution in [2.45, 2.75) is 57.0 Å². The molecule has 4 aliphatic rings. The van der Waals surface area contributed by atoms with Crippen molar-refractivity contribution >= 4 is 17.5 Å². The highest BCUT2D eigenvalue weighted by Crippen LogP contribution is 2.68. The van der Waals surface area contributed by atoms with E-state index in [2.05, 4.69) is 6.92 Å². The summed E-state index contributed by atoms with van der Waals surface area (Å²) in [5, 5.41) is 10.0. The zero-order valence-corrected chi connectivity index (χ0v) is 13.9. The maximum atomic E-state index is 13.0. The predicted molar refractivity (Wildman–Crippen MR) is 88.6 cm³/mol. The molecule has 0 saturated carbocycles. The molecule has 2 amide bonds. The van der Waals surface area contributed by atoms with Gasteiger partial charge in [0.15, 0.2) is 0 Å². The molecule has 4 aliphatic heterocycles. The Labute approximate surface area is 141 Å². The Morgan fingerprint density at radius 3 is 2.88 bits per heavy atom. The molecule has 1 aromatic carbocycles. The first kappa shape index (κ1) is 14.3. The summed E-state index contributed by atoms with van der Waals surface area (Å²) in [5.41, 5.74) is 1.30. The zero-order chi connectivity index (χ0) is 16.7. The lowest BCUT2D eigenvalue weighted by molar-refractivity contribution is -0.150. The summed E-state index contributed by atoms with van der Waals surface area (Å²) in [4.78, 5) is 29.8. The van der Waals surface area contributed by atoms with E-state index in [1.165, 1.54) is 0 Å². The average Bonchev–Trinajstić information content (AvgIpc) is 3.02. The van der Waals surface area contributed by atoms with Crippen molar-refractivity contribution in [3.8, 4) is 5.75 Å². The molecular weight excluding hydrogens is 304 g/mol. The van der Waals surface area contributed by atoms with E-state index in [0.717, 1.165) is 43.5 Å². The van der Waals surface area contributed by atoms with Gasteiger partial charge in [-0.25, -0.2) is 0 Å². The van der Waals surface area contributed by atoms with Crippen molar-refractivity contribution in [1.82, 2.24) is 4.90 Å². The van der Waals surface area contributed by atoms with Crippen LogP contribution < -0.4 is 4.90 Å². The third-order valence-electron chi connectivity index (χ3n) is 7.11. The number of benzene rings is 1. The monoisotopic (exact) mass is 326 g/mol. The van der Waals surface area contributed by atoms with E-state index in [9.17, 15) is 14.7 Å². The summed E-state index contributed by atoms with van der Waals surface area (Å²) in [6, 6.07) is 5.28. The van der Waals surface area contributed by atoms with Crippen molar-refractivity contribution < 1.29 is 14.7 Å². The second-order valence-electron chi connectivity index (χ2n) is 7.74. The summed E-state index contributed by atoms with van der Waals surface area (Å²) in [7, 11) is 0. The molecule has 3 unspecified atom stereocenters. The van der Waals surface area contributed by atoms with E-state index in [0.29, 0.717) is 12.8 Å². The van der Waals surface area contributed by atoms with Gasteiger partial charge in [-0.15, -0.1) is 0 Å². The molecule has 1 aromatic rings. The first-order valence-corrected chi connectivity index (χ1v) is 9.01. The Bertz CT molecular complexity index is 776. The lowest BCUT2D eigenvalue weighted by Crippen LogP contribution is -2.73. The minimum absolute atomic E-state index is 0.0170. The van der Waals surface area contributed by atoms with Crippen LogP contribution in [-0.4, -0.2) is 34.0 Å². The van der Waals surface area contributed by atoms with Crippen LogP contribution in [0.1, 0.15) is 56.9 Å². The molecule has 24 heavy (non-hydrogen) atoms. The standard InChI is InChI=1S/C19H22N2O3/c1-2-18-7-3-9-20-17(24)11-14-13-10-12(22)4-5-15(13)21(19(14,18)20)16(23)6-8-18/h4-5,10,14,22H,2-3,6-9,11H2,1H3. The highest BCUT2D eigenvalue weighted by atomic mass is 16.3. The SMILES string of the molecule is CCC12CCCN3C(=O)CC4c5cc(O)ccc5N(C(=O)CC1)C432. The lowest BCUT2D eigenvalue weighted by Gasteiger charge is -2.62. The Morgan fingerprint density at radius 2 is 2.08 bits per heavy atom. The summed E-state index contributed by atoms with van der Waals surface area (Å²) in [6.45, 7) is 2.94. The molecule has 5 rings (SSSR count). The molecular formula is C19H22N2O3. The number of hydrogen-bond acceptors (Lipinski definition) is 3. The highest BCUT2D eigenvalue weighted by Gasteiger charge is 2.73. The molecule has 0 aliphatic carbocycles.